The van der Waals surface area contributed by atoms with Crippen LogP contribution in [-0.4, -0.2) is 40.2 Å². The number of halogens is 2. The maximum atomic E-state index is 14.4. The van der Waals surface area contributed by atoms with Gasteiger partial charge in [-0.25, -0.2) is 9.18 Å². The summed E-state index contributed by atoms with van der Waals surface area (Å²) in [6.07, 6.45) is 6.08. The molecule has 1 saturated heterocycles. The topological polar surface area (TPSA) is 62.7 Å². The molecule has 7 heteroatoms. The number of nitrogens with zero attached hydrogens (tertiary/aromatic N) is 2. The van der Waals surface area contributed by atoms with Gasteiger partial charge in [0.15, 0.2) is 0 Å². The highest BCUT2D eigenvalue weighted by Gasteiger charge is 2.33. The molecular weight excluding hydrogens is 431 g/mol. The average molecular weight is 459 g/mol. The SMILES string of the molecule is CC(c1ccc(Cl)c(C2CC2)n1)N1CCC[C@@H](Oc2cc(F)c(C(=O)O)cc2C2CC2)C1. The molecule has 0 amide bonds. The summed E-state index contributed by atoms with van der Waals surface area (Å²) in [4.78, 5) is 18.6. The monoisotopic (exact) mass is 458 g/mol. The Morgan fingerprint density at radius 1 is 1.22 bits per heavy atom. The van der Waals surface area contributed by atoms with Crippen molar-refractivity contribution in [3.8, 4) is 5.75 Å². The molecule has 5 rings (SSSR count). The molecule has 32 heavy (non-hydrogen) atoms. The van der Waals surface area contributed by atoms with Crippen molar-refractivity contribution >= 4 is 17.6 Å². The molecule has 5 nitrogen and oxygen atoms in total. The molecule has 2 aromatic rings. The van der Waals surface area contributed by atoms with Gasteiger partial charge in [0.2, 0.25) is 0 Å². The number of carboxylic acids is 1. The zero-order valence-corrected chi connectivity index (χ0v) is 18.9. The molecule has 1 N–H and O–H groups in total. The third-order valence-corrected chi connectivity index (χ3v) is 7.20. The van der Waals surface area contributed by atoms with Gasteiger partial charge < -0.3 is 9.84 Å². The predicted octanol–water partition coefficient (Wildman–Crippen LogP) is 5.93. The maximum Gasteiger partial charge on any atom is 0.338 e. The first-order valence-electron chi connectivity index (χ1n) is 11.5. The van der Waals surface area contributed by atoms with Gasteiger partial charge in [0.1, 0.15) is 17.7 Å². The predicted molar refractivity (Wildman–Crippen MR) is 120 cm³/mol. The van der Waals surface area contributed by atoms with Crippen molar-refractivity contribution in [2.45, 2.75) is 69.4 Å². The molecule has 0 bridgehead atoms. The van der Waals surface area contributed by atoms with Crippen molar-refractivity contribution < 1.29 is 19.0 Å². The normalized spacial score (nSPS) is 22.5. The Kier molecular flexibility index (Phi) is 5.84. The van der Waals surface area contributed by atoms with Crippen LogP contribution in [0.1, 0.15) is 90.6 Å². The number of aromatic nitrogens is 1. The molecule has 1 unspecified atom stereocenters. The van der Waals surface area contributed by atoms with Crippen molar-refractivity contribution in [2.75, 3.05) is 13.1 Å². The van der Waals surface area contributed by atoms with Gasteiger partial charge in [0, 0.05) is 24.6 Å². The van der Waals surface area contributed by atoms with E-state index in [9.17, 15) is 14.3 Å². The van der Waals surface area contributed by atoms with E-state index in [1.165, 1.54) is 12.1 Å². The number of benzene rings is 1. The molecule has 2 atom stereocenters. The maximum absolute atomic E-state index is 14.4. The van der Waals surface area contributed by atoms with Gasteiger partial charge >= 0.3 is 5.97 Å². The Labute approximate surface area is 192 Å². The summed E-state index contributed by atoms with van der Waals surface area (Å²) >= 11 is 6.36. The molecule has 170 valence electrons. The van der Waals surface area contributed by atoms with Gasteiger partial charge in [-0.3, -0.25) is 9.88 Å². The van der Waals surface area contributed by atoms with Crippen LogP contribution in [0.15, 0.2) is 24.3 Å². The molecule has 2 aliphatic carbocycles. The standard InChI is InChI=1S/C25H28ClFN2O3/c1-14(22-9-8-20(26)24(28-22)16-6-7-16)29-10-2-3-17(13-29)32-23-12-21(27)19(25(30)31)11-18(23)15-4-5-15/h8-9,11-12,14-17H,2-7,10,13H2,1H3,(H,30,31)/t14?,17-/m1/s1. The van der Waals surface area contributed by atoms with Crippen LogP contribution in [0.2, 0.25) is 5.02 Å². The molecule has 0 radical (unpaired) electrons. The summed E-state index contributed by atoms with van der Waals surface area (Å²) in [5.41, 5.74) is 2.58. The minimum Gasteiger partial charge on any atom is -0.489 e. The third kappa shape index (κ3) is 4.48. The van der Waals surface area contributed by atoms with Crippen molar-refractivity contribution in [1.29, 1.82) is 0 Å². The smallest absolute Gasteiger partial charge is 0.338 e. The number of ether oxygens (including phenoxy) is 1. The molecule has 1 aromatic carbocycles. The van der Waals surface area contributed by atoms with Crippen LogP contribution in [0.3, 0.4) is 0 Å². The molecule has 1 aliphatic heterocycles. The molecule has 3 fully saturated rings. The van der Waals surface area contributed by atoms with Crippen LogP contribution in [0, 0.1) is 5.82 Å². The Morgan fingerprint density at radius 2 is 1.97 bits per heavy atom. The molecule has 2 saturated carbocycles. The van der Waals surface area contributed by atoms with Crippen LogP contribution in [0.25, 0.3) is 0 Å². The minimum absolute atomic E-state index is 0.0750. The van der Waals surface area contributed by atoms with Crippen molar-refractivity contribution in [1.82, 2.24) is 9.88 Å². The minimum atomic E-state index is -1.24. The first-order valence-corrected chi connectivity index (χ1v) is 11.9. The van der Waals surface area contributed by atoms with Crippen LogP contribution in [-0.2, 0) is 0 Å². The average Bonchev–Trinajstić information content (AvgIpc) is 3.67. The van der Waals surface area contributed by atoms with E-state index < -0.39 is 11.8 Å². The second kappa shape index (κ2) is 8.64. The number of hydrogen-bond donors (Lipinski definition) is 1. The highest BCUT2D eigenvalue weighted by Crippen LogP contribution is 2.46. The lowest BCUT2D eigenvalue weighted by molar-refractivity contribution is 0.0636. The van der Waals surface area contributed by atoms with Gasteiger partial charge in [0.05, 0.1) is 22.0 Å². The number of pyridine rings is 1. The van der Waals surface area contributed by atoms with Gasteiger partial charge in [-0.2, -0.15) is 0 Å². The fourth-order valence-corrected chi connectivity index (χ4v) is 4.94. The number of likely N-dealkylation sites (tertiary alicyclic amines) is 1. The fraction of sp³-hybridized carbons (Fsp3) is 0.520. The van der Waals surface area contributed by atoms with Crippen molar-refractivity contribution in [2.24, 2.45) is 0 Å². The quantitative estimate of drug-likeness (QED) is 0.557. The summed E-state index contributed by atoms with van der Waals surface area (Å²) in [5.74, 6) is -0.723. The zero-order chi connectivity index (χ0) is 22.4. The van der Waals surface area contributed by atoms with E-state index in [0.717, 1.165) is 73.6 Å². The lowest BCUT2D eigenvalue weighted by Gasteiger charge is -2.37. The number of rotatable bonds is 7. The molecule has 1 aromatic heterocycles. The first kappa shape index (κ1) is 21.7. The zero-order valence-electron chi connectivity index (χ0n) is 18.2. The van der Waals surface area contributed by atoms with E-state index in [4.69, 9.17) is 21.3 Å². The first-order chi connectivity index (χ1) is 15.4. The van der Waals surface area contributed by atoms with E-state index in [2.05, 4.69) is 11.8 Å². The largest absolute Gasteiger partial charge is 0.489 e. The summed E-state index contributed by atoms with van der Waals surface area (Å²) < 4.78 is 20.7. The molecule has 2 heterocycles. The van der Waals surface area contributed by atoms with Gasteiger partial charge in [0.25, 0.3) is 0 Å². The van der Waals surface area contributed by atoms with E-state index in [1.54, 1.807) is 0 Å². The summed E-state index contributed by atoms with van der Waals surface area (Å²) in [7, 11) is 0. The van der Waals surface area contributed by atoms with E-state index in [-0.39, 0.29) is 23.6 Å². The Hall–Kier alpha value is -2.18. The second-order valence-corrected chi connectivity index (χ2v) is 9.79. The molecule has 0 spiro atoms. The Morgan fingerprint density at radius 3 is 2.66 bits per heavy atom. The number of piperidine rings is 1. The third-order valence-electron chi connectivity index (χ3n) is 6.88. The molecule has 3 aliphatic rings. The van der Waals surface area contributed by atoms with Gasteiger partial charge in [-0.15, -0.1) is 0 Å². The lowest BCUT2D eigenvalue weighted by atomic mass is 10.0. The Balaban J connectivity index is 1.32. The van der Waals surface area contributed by atoms with Crippen LogP contribution >= 0.6 is 11.6 Å². The summed E-state index contributed by atoms with van der Waals surface area (Å²) in [5, 5.41) is 10.0. The van der Waals surface area contributed by atoms with E-state index in [1.807, 2.05) is 12.1 Å². The number of carboxylic acid groups (broad SMARTS) is 1. The van der Waals surface area contributed by atoms with Crippen molar-refractivity contribution in [3.05, 3.63) is 57.6 Å². The highest BCUT2D eigenvalue weighted by molar-refractivity contribution is 6.31. The highest BCUT2D eigenvalue weighted by atomic mass is 35.5. The number of carbonyl (C=O) groups is 1. The van der Waals surface area contributed by atoms with Gasteiger partial charge in [-0.1, -0.05) is 11.6 Å². The molecular formula is C25H28ClFN2O3. The van der Waals surface area contributed by atoms with Crippen molar-refractivity contribution in [3.63, 3.8) is 0 Å². The van der Waals surface area contributed by atoms with Crippen LogP contribution in [0.4, 0.5) is 4.39 Å². The fourth-order valence-electron chi connectivity index (χ4n) is 4.68. The van der Waals surface area contributed by atoms with E-state index in [0.29, 0.717) is 11.7 Å². The van der Waals surface area contributed by atoms with E-state index >= 15 is 0 Å². The number of aromatic carboxylic acids is 1. The van der Waals surface area contributed by atoms with Crippen LogP contribution < -0.4 is 4.74 Å². The van der Waals surface area contributed by atoms with Gasteiger partial charge in [-0.05, 0) is 81.7 Å². The second-order valence-electron chi connectivity index (χ2n) is 9.38. The van der Waals surface area contributed by atoms with Crippen LogP contribution in [0.5, 0.6) is 5.75 Å². The summed E-state index contributed by atoms with van der Waals surface area (Å²) in [6.45, 7) is 3.83. The number of hydrogen-bond acceptors (Lipinski definition) is 4. The Bertz CT molecular complexity index is 1040. The lowest BCUT2D eigenvalue weighted by Crippen LogP contribution is -2.42. The summed E-state index contributed by atoms with van der Waals surface area (Å²) in [6, 6.07) is 6.83.